The summed E-state index contributed by atoms with van der Waals surface area (Å²) in [4.78, 5) is 2.10. The van der Waals surface area contributed by atoms with Crippen molar-refractivity contribution < 1.29 is 4.42 Å². The first-order valence-electron chi connectivity index (χ1n) is 7.28. The zero-order valence-corrected chi connectivity index (χ0v) is 14.3. The normalized spacial score (nSPS) is 12.2. The molecule has 0 unspecified atom stereocenters. The lowest BCUT2D eigenvalue weighted by Gasteiger charge is -2.23. The highest BCUT2D eigenvalue weighted by molar-refractivity contribution is 7.80. The van der Waals surface area contributed by atoms with Crippen molar-refractivity contribution >= 4 is 23.0 Å². The van der Waals surface area contributed by atoms with E-state index < -0.39 is 0 Å². The molecule has 5 heteroatoms. The third-order valence-corrected chi connectivity index (χ3v) is 3.68. The summed E-state index contributed by atoms with van der Waals surface area (Å²) in [6.07, 6.45) is 1.69. The van der Waals surface area contributed by atoms with Gasteiger partial charge in [0.05, 0.1) is 12.3 Å². The first-order chi connectivity index (χ1) is 10.5. The molecule has 1 aromatic heterocycles. The fourth-order valence-corrected chi connectivity index (χ4v) is 2.63. The third kappa shape index (κ3) is 4.58. The summed E-state index contributed by atoms with van der Waals surface area (Å²) in [6, 6.07) is 10.3. The van der Waals surface area contributed by atoms with Crippen LogP contribution in [0.1, 0.15) is 22.9 Å². The van der Waals surface area contributed by atoms with Gasteiger partial charge in [-0.2, -0.15) is 0 Å². The molecule has 0 spiro atoms. The van der Waals surface area contributed by atoms with Gasteiger partial charge in [-0.25, -0.2) is 0 Å². The van der Waals surface area contributed by atoms with Gasteiger partial charge in [0, 0.05) is 12.2 Å². The van der Waals surface area contributed by atoms with Crippen molar-refractivity contribution in [3.63, 3.8) is 0 Å². The number of thiocarbonyl (C=S) groups is 1. The van der Waals surface area contributed by atoms with Crippen molar-refractivity contribution in [2.45, 2.75) is 19.9 Å². The molecule has 0 aliphatic heterocycles. The summed E-state index contributed by atoms with van der Waals surface area (Å²) < 4.78 is 5.49. The first-order valence-corrected chi connectivity index (χ1v) is 7.69. The van der Waals surface area contributed by atoms with Crippen LogP contribution in [-0.4, -0.2) is 30.7 Å². The lowest BCUT2D eigenvalue weighted by Crippen LogP contribution is -2.36. The SMILES string of the molecule is Cc1cc(C)cc(NC(=S)NC[C@H](c2ccco2)N(C)C)c1. The smallest absolute Gasteiger partial charge is 0.170 e. The standard InChI is InChI=1S/C17H23N3OS/c1-12-8-13(2)10-14(9-12)19-17(22)18-11-15(20(3)4)16-6-5-7-21-16/h5-10,15H,11H2,1-4H3,(H2,18,19,22)/t15-/m1/s1. The van der Waals surface area contributed by atoms with Gasteiger partial charge in [-0.05, 0) is 75.6 Å². The van der Waals surface area contributed by atoms with Crippen LogP contribution >= 0.6 is 12.2 Å². The average molecular weight is 317 g/mol. The maximum Gasteiger partial charge on any atom is 0.170 e. The van der Waals surface area contributed by atoms with E-state index in [0.717, 1.165) is 11.4 Å². The van der Waals surface area contributed by atoms with Crippen molar-refractivity contribution in [3.8, 4) is 0 Å². The Bertz CT molecular complexity index is 603. The number of hydrogen-bond acceptors (Lipinski definition) is 3. The summed E-state index contributed by atoms with van der Waals surface area (Å²) in [5, 5.41) is 7.11. The number of aryl methyl sites for hydroxylation is 2. The van der Waals surface area contributed by atoms with Gasteiger partial charge >= 0.3 is 0 Å². The maximum absolute atomic E-state index is 5.49. The maximum atomic E-state index is 5.49. The van der Waals surface area contributed by atoms with Crippen LogP contribution in [0.5, 0.6) is 0 Å². The van der Waals surface area contributed by atoms with Gasteiger partial charge in [-0.15, -0.1) is 0 Å². The van der Waals surface area contributed by atoms with Gasteiger partial charge in [0.1, 0.15) is 5.76 Å². The summed E-state index contributed by atoms with van der Waals surface area (Å²) in [7, 11) is 4.05. The Morgan fingerprint density at radius 1 is 1.23 bits per heavy atom. The van der Waals surface area contributed by atoms with Crippen LogP contribution in [0, 0.1) is 13.8 Å². The van der Waals surface area contributed by atoms with Gasteiger partial charge in [0.2, 0.25) is 0 Å². The van der Waals surface area contributed by atoms with E-state index in [2.05, 4.69) is 47.6 Å². The van der Waals surface area contributed by atoms with Crippen molar-refractivity contribution in [2.75, 3.05) is 26.0 Å². The largest absolute Gasteiger partial charge is 0.468 e. The van der Waals surface area contributed by atoms with E-state index in [1.165, 1.54) is 11.1 Å². The van der Waals surface area contributed by atoms with Gasteiger partial charge in [0.15, 0.2) is 5.11 Å². The molecule has 2 rings (SSSR count). The topological polar surface area (TPSA) is 40.4 Å². The lowest BCUT2D eigenvalue weighted by molar-refractivity contribution is 0.259. The average Bonchev–Trinajstić information content (AvgIpc) is 2.91. The molecule has 0 aliphatic rings. The van der Waals surface area contributed by atoms with Crippen LogP contribution in [0.3, 0.4) is 0 Å². The molecule has 1 aromatic carbocycles. The van der Waals surface area contributed by atoms with E-state index in [0.29, 0.717) is 11.7 Å². The zero-order chi connectivity index (χ0) is 16.1. The molecule has 22 heavy (non-hydrogen) atoms. The van der Waals surface area contributed by atoms with Gasteiger partial charge < -0.3 is 15.1 Å². The number of benzene rings is 1. The van der Waals surface area contributed by atoms with Gasteiger partial charge in [0.25, 0.3) is 0 Å². The predicted molar refractivity (Wildman–Crippen MR) is 95.3 cm³/mol. The second-order valence-electron chi connectivity index (χ2n) is 5.71. The first kappa shape index (κ1) is 16.5. The zero-order valence-electron chi connectivity index (χ0n) is 13.5. The molecule has 0 radical (unpaired) electrons. The molecule has 2 aromatic rings. The molecule has 4 nitrogen and oxygen atoms in total. The van der Waals surface area contributed by atoms with Crippen LogP contribution in [0.2, 0.25) is 0 Å². The van der Waals surface area contributed by atoms with Crippen LogP contribution in [-0.2, 0) is 0 Å². The highest BCUT2D eigenvalue weighted by Crippen LogP contribution is 2.18. The van der Waals surface area contributed by atoms with E-state index in [1.54, 1.807) is 6.26 Å². The van der Waals surface area contributed by atoms with E-state index in [1.807, 2.05) is 26.2 Å². The molecule has 118 valence electrons. The summed E-state index contributed by atoms with van der Waals surface area (Å²) >= 11 is 5.39. The fraction of sp³-hybridized carbons (Fsp3) is 0.353. The van der Waals surface area contributed by atoms with Crippen molar-refractivity contribution in [3.05, 3.63) is 53.5 Å². The van der Waals surface area contributed by atoms with Crippen molar-refractivity contribution in [2.24, 2.45) is 0 Å². The summed E-state index contributed by atoms with van der Waals surface area (Å²) in [5.74, 6) is 0.923. The number of nitrogens with one attached hydrogen (secondary N) is 2. The Balaban J connectivity index is 1.94. The van der Waals surface area contributed by atoms with Crippen molar-refractivity contribution in [1.29, 1.82) is 0 Å². The minimum atomic E-state index is 0.133. The number of furan rings is 1. The van der Waals surface area contributed by atoms with Gasteiger partial charge in [-0.3, -0.25) is 4.90 Å². The molecule has 0 amide bonds. The van der Waals surface area contributed by atoms with E-state index >= 15 is 0 Å². The van der Waals surface area contributed by atoms with E-state index in [4.69, 9.17) is 16.6 Å². The second-order valence-corrected chi connectivity index (χ2v) is 6.11. The molecule has 0 saturated carbocycles. The third-order valence-electron chi connectivity index (χ3n) is 3.43. The van der Waals surface area contributed by atoms with E-state index in [9.17, 15) is 0 Å². The monoisotopic (exact) mass is 317 g/mol. The number of anilines is 1. The van der Waals surface area contributed by atoms with E-state index in [-0.39, 0.29) is 6.04 Å². The molecule has 0 fully saturated rings. The Morgan fingerprint density at radius 2 is 1.91 bits per heavy atom. The lowest BCUT2D eigenvalue weighted by atomic mass is 10.1. The van der Waals surface area contributed by atoms with Crippen LogP contribution in [0.4, 0.5) is 5.69 Å². The quantitative estimate of drug-likeness (QED) is 0.826. The second kappa shape index (κ2) is 7.42. The Kier molecular flexibility index (Phi) is 5.57. The number of nitrogens with zero attached hydrogens (tertiary/aromatic N) is 1. The molecule has 0 saturated heterocycles. The summed E-state index contributed by atoms with van der Waals surface area (Å²) in [5.41, 5.74) is 3.44. The summed E-state index contributed by atoms with van der Waals surface area (Å²) in [6.45, 7) is 4.83. The molecular weight excluding hydrogens is 294 g/mol. The molecular formula is C17H23N3OS. The molecule has 1 heterocycles. The van der Waals surface area contributed by atoms with Gasteiger partial charge in [-0.1, -0.05) is 6.07 Å². The molecule has 0 bridgehead atoms. The Labute approximate surface area is 137 Å². The molecule has 0 aliphatic carbocycles. The predicted octanol–water partition coefficient (Wildman–Crippen LogP) is 3.49. The number of likely N-dealkylation sites (N-methyl/N-ethyl adjacent to an activating group) is 1. The van der Waals surface area contributed by atoms with Crippen molar-refractivity contribution in [1.82, 2.24) is 10.2 Å². The Hall–Kier alpha value is -1.85. The molecule has 1 atom stereocenters. The Morgan fingerprint density at radius 3 is 2.45 bits per heavy atom. The van der Waals surface area contributed by atoms with Crippen LogP contribution in [0.25, 0.3) is 0 Å². The fourth-order valence-electron chi connectivity index (χ4n) is 2.43. The number of hydrogen-bond donors (Lipinski definition) is 2. The van der Waals surface area contributed by atoms with Crippen LogP contribution < -0.4 is 10.6 Å². The minimum absolute atomic E-state index is 0.133. The molecule has 2 N–H and O–H groups in total. The number of rotatable bonds is 5. The highest BCUT2D eigenvalue weighted by Gasteiger charge is 2.16. The minimum Gasteiger partial charge on any atom is -0.468 e. The van der Waals surface area contributed by atoms with Crippen LogP contribution in [0.15, 0.2) is 41.0 Å². The highest BCUT2D eigenvalue weighted by atomic mass is 32.1.